The minimum Gasteiger partial charge on any atom is -0.459 e. The summed E-state index contributed by atoms with van der Waals surface area (Å²) in [5, 5.41) is 35.1. The van der Waals surface area contributed by atoms with Crippen LogP contribution < -0.4 is 42.5 Å². The van der Waals surface area contributed by atoms with Crippen LogP contribution in [0.25, 0.3) is 33.4 Å². The van der Waals surface area contributed by atoms with Gasteiger partial charge in [0, 0.05) is 185 Å². The average molecular weight is 1770 g/mol. The number of nitrogen functional groups attached to an aromatic ring is 2. The van der Waals surface area contributed by atoms with E-state index in [9.17, 15) is 48.6 Å². The number of aliphatic hydroxyl groups is 2. The molecule has 0 spiro atoms. The zero-order valence-electron chi connectivity index (χ0n) is 74.1. The van der Waals surface area contributed by atoms with E-state index in [0.29, 0.717) is 203 Å². The van der Waals surface area contributed by atoms with E-state index in [1.54, 1.807) is 81.3 Å². The molecule has 1 aliphatic carbocycles. The van der Waals surface area contributed by atoms with Crippen LogP contribution in [-0.4, -0.2) is 269 Å². The lowest BCUT2D eigenvalue weighted by Crippen LogP contribution is -2.61. The maximum absolute atomic E-state index is 14.8. The number of methoxy groups -OCH3 is 3. The van der Waals surface area contributed by atoms with Gasteiger partial charge in [-0.2, -0.15) is 10.1 Å². The number of fused-ring (bicyclic) bond motifs is 5. The monoisotopic (exact) mass is 1770 g/mol. The van der Waals surface area contributed by atoms with Gasteiger partial charge in [0.2, 0.25) is 23.6 Å². The predicted molar refractivity (Wildman–Crippen MR) is 472 cm³/mol. The number of allylic oxidation sites excluding steroid dienone is 6. The molecule has 38 heteroatoms. The first kappa shape index (κ1) is 93.9. The Morgan fingerprint density at radius 3 is 2.07 bits per heavy atom. The topological polar surface area (TPSA) is 498 Å². The highest BCUT2D eigenvalue weighted by molar-refractivity contribution is 6.39. The largest absolute Gasteiger partial charge is 0.459 e. The second kappa shape index (κ2) is 43.0. The van der Waals surface area contributed by atoms with Crippen LogP contribution in [0.1, 0.15) is 158 Å². The van der Waals surface area contributed by atoms with Crippen molar-refractivity contribution in [3.05, 3.63) is 126 Å². The van der Waals surface area contributed by atoms with Gasteiger partial charge in [0.25, 0.3) is 29.5 Å². The van der Waals surface area contributed by atoms with E-state index >= 15 is 0 Å². The quantitative estimate of drug-likeness (QED) is 0.0179. The summed E-state index contributed by atoms with van der Waals surface area (Å²) >= 11 is 0. The maximum Gasteiger partial charge on any atom is 0.407 e. The van der Waals surface area contributed by atoms with Crippen molar-refractivity contribution >= 4 is 98.9 Å². The minimum atomic E-state index is -2.51. The summed E-state index contributed by atoms with van der Waals surface area (Å²) in [5.41, 5.74) is 24.7. The van der Waals surface area contributed by atoms with Crippen molar-refractivity contribution in [3.8, 4) is 11.3 Å². The first-order valence-electron chi connectivity index (χ1n) is 44.2. The van der Waals surface area contributed by atoms with Gasteiger partial charge in [0.15, 0.2) is 17.0 Å². The van der Waals surface area contributed by atoms with Gasteiger partial charge >= 0.3 is 12.1 Å². The number of rotatable bonds is 20. The zero-order valence-corrected chi connectivity index (χ0v) is 74.1. The summed E-state index contributed by atoms with van der Waals surface area (Å²) in [5.74, 6) is -7.58. The second-order valence-corrected chi connectivity index (χ2v) is 34.4. The van der Waals surface area contributed by atoms with Crippen molar-refractivity contribution in [3.63, 3.8) is 0 Å². The number of piperidine rings is 1. The molecular formula is C90H119N21O17. The number of ether oxygens (including phenoxy) is 6. The summed E-state index contributed by atoms with van der Waals surface area (Å²) in [7, 11) is 4.43. The van der Waals surface area contributed by atoms with Gasteiger partial charge in [-0.1, -0.05) is 64.2 Å². The van der Waals surface area contributed by atoms with Crippen molar-refractivity contribution in [2.45, 2.75) is 205 Å². The SMILES string of the molecule is CO[C@H]1C[C@@H]2CC[C@@H](C)[C@@](O)(O2)C(=O)C(=O)N2CCCC[C@H]2C(=O)O[C@H]([C@H](N)C[C@@H]2CC[C@@H](OC(=O)NCc3cnc(N4CCN(c5ncc(C(=O)N6CCN(c7ncc(C(=O)NCCCCn8nc(-c9ccc%10oc(N)nc%10c9)c9c(N)ncnc98)cn7)CC6)cn5)CC4)nc3)[C@H](OC)C2)CC(=O)[C@H](C)/C=C(\C)[C@@H](O)[C@@H](OC)C(=O)[C@H](C)C[C@H](C)/C=C/C=C/C=C/1C. The van der Waals surface area contributed by atoms with Crippen molar-refractivity contribution in [2.24, 2.45) is 35.3 Å². The number of nitrogens with two attached hydrogens (primary N) is 3. The number of oxazole rings is 1. The Morgan fingerprint density at radius 1 is 0.711 bits per heavy atom. The Hall–Kier alpha value is -11.7. The van der Waals surface area contributed by atoms with E-state index in [0.717, 1.165) is 16.0 Å². The molecule has 15 atom stereocenters. The highest BCUT2D eigenvalue weighted by atomic mass is 16.6. The number of nitrogens with one attached hydrogen (secondary N) is 2. The van der Waals surface area contributed by atoms with E-state index in [-0.39, 0.29) is 74.2 Å². The predicted octanol–water partition coefficient (Wildman–Crippen LogP) is 6.79. The van der Waals surface area contributed by atoms with E-state index in [1.165, 1.54) is 32.9 Å². The number of nitrogens with zero attached hydrogens (tertiary/aromatic N) is 16. The van der Waals surface area contributed by atoms with E-state index in [4.69, 9.17) is 55.1 Å². The number of amides is 4. The summed E-state index contributed by atoms with van der Waals surface area (Å²) < 4.78 is 43.2. The first-order valence-corrected chi connectivity index (χ1v) is 44.2. The summed E-state index contributed by atoms with van der Waals surface area (Å²) in [6, 6.07) is 3.27. The molecule has 2 bridgehead atoms. The normalized spacial score (nSPS) is 27.7. The number of piperazine rings is 2. The number of ketones is 3. The molecule has 0 unspecified atom stereocenters. The van der Waals surface area contributed by atoms with Crippen LogP contribution in [0.3, 0.4) is 0 Å². The Labute approximate surface area is 742 Å². The summed E-state index contributed by atoms with van der Waals surface area (Å²) in [6.45, 7) is 15.5. The fourth-order valence-electron chi connectivity index (χ4n) is 17.7. The van der Waals surface area contributed by atoms with Crippen LogP contribution >= 0.6 is 0 Å². The number of Topliss-reactive ketones (excluding diaryl/α,β-unsaturated/α-hetero) is 3. The molecule has 38 nitrogen and oxygen atoms in total. The molecule has 11 heterocycles. The van der Waals surface area contributed by atoms with Crippen molar-refractivity contribution in [1.29, 1.82) is 0 Å². The number of alkyl carbamates (subject to hydrolysis) is 1. The molecule has 6 aromatic heterocycles. The lowest BCUT2D eigenvalue weighted by Gasteiger charge is -2.42. The van der Waals surface area contributed by atoms with Crippen LogP contribution in [0.2, 0.25) is 0 Å². The van der Waals surface area contributed by atoms with Gasteiger partial charge in [0.1, 0.15) is 59.6 Å². The van der Waals surface area contributed by atoms with Gasteiger partial charge in [-0.05, 0) is 132 Å². The molecular weight excluding hydrogens is 1650 g/mol. The molecule has 1 aromatic carbocycles. The highest BCUT2D eigenvalue weighted by Crippen LogP contribution is 2.39. The fourth-order valence-corrected chi connectivity index (χ4v) is 17.7. The van der Waals surface area contributed by atoms with Gasteiger partial charge in [0.05, 0.1) is 34.8 Å². The molecule has 4 amide bonds. The van der Waals surface area contributed by atoms with Crippen LogP contribution in [0, 0.1) is 29.6 Å². The Balaban J connectivity index is 0.551. The van der Waals surface area contributed by atoms with E-state index in [1.807, 2.05) is 71.1 Å². The molecule has 1 saturated carbocycles. The Kier molecular flexibility index (Phi) is 31.5. The third-order valence-corrected chi connectivity index (χ3v) is 25.4. The number of hydrogen-bond donors (Lipinski definition) is 7. The van der Waals surface area contributed by atoms with Gasteiger partial charge < -0.3 is 95.4 Å². The number of aliphatic hydroxyl groups excluding tert-OH is 1. The minimum absolute atomic E-state index is 0.00125. The van der Waals surface area contributed by atoms with Gasteiger partial charge in [-0.25, -0.2) is 54.1 Å². The van der Waals surface area contributed by atoms with Crippen molar-refractivity contribution in [1.82, 2.24) is 75.1 Å². The Bertz CT molecular complexity index is 5190. The fraction of sp³-hybridized carbons (Fsp3) is 0.556. The number of esters is 1. The second-order valence-electron chi connectivity index (χ2n) is 34.4. The molecule has 4 saturated heterocycles. The lowest BCUT2D eigenvalue weighted by molar-refractivity contribution is -0.265. The summed E-state index contributed by atoms with van der Waals surface area (Å²) in [6.07, 6.45) is 19.9. The van der Waals surface area contributed by atoms with Crippen LogP contribution in [0.4, 0.5) is 34.5 Å². The third kappa shape index (κ3) is 22.7. The molecule has 0 radical (unpaired) electrons. The number of aromatic nitrogens is 11. The highest BCUT2D eigenvalue weighted by Gasteiger charge is 2.53. The average Bonchev–Trinajstić information content (AvgIpc) is 1.53. The number of unbranched alkanes of at least 4 members (excludes halogenated alkanes) is 1. The number of cyclic esters (lactones) is 1. The number of aryl methyl sites for hydroxylation is 1. The Morgan fingerprint density at radius 2 is 1.39 bits per heavy atom. The molecule has 5 fully saturated rings. The summed E-state index contributed by atoms with van der Waals surface area (Å²) in [4.78, 5) is 162. The maximum atomic E-state index is 14.8. The molecule has 10 N–H and O–H groups in total. The number of benzene rings is 1. The molecule has 686 valence electrons. The molecule has 6 aliphatic rings. The van der Waals surface area contributed by atoms with E-state index in [2.05, 4.69) is 55.5 Å². The van der Waals surface area contributed by atoms with Crippen molar-refractivity contribution < 1.29 is 81.4 Å². The third-order valence-electron chi connectivity index (χ3n) is 25.4. The molecule has 7 aromatic rings. The van der Waals surface area contributed by atoms with Gasteiger partial charge in [-0.3, -0.25) is 28.8 Å². The first-order chi connectivity index (χ1) is 61.6. The van der Waals surface area contributed by atoms with Crippen LogP contribution in [0.15, 0.2) is 114 Å². The molecule has 128 heavy (non-hydrogen) atoms. The number of carbonyl (C=O) groups is 8. The van der Waals surface area contributed by atoms with Crippen LogP contribution in [-0.2, 0) is 65.5 Å². The number of hydrogen-bond acceptors (Lipinski definition) is 33. The number of carbonyl (C=O) groups excluding carboxylic acids is 8. The zero-order chi connectivity index (χ0) is 91.0. The smallest absolute Gasteiger partial charge is 0.407 e. The number of anilines is 5. The van der Waals surface area contributed by atoms with E-state index < -0.39 is 108 Å². The molecule has 5 aliphatic heterocycles. The molecule has 13 rings (SSSR count). The van der Waals surface area contributed by atoms with Crippen molar-refractivity contribution in [2.75, 3.05) is 113 Å². The standard InChI is InChI=1S/C90H119N21O17/c1-52-17-11-10-12-18-53(2)70(122-7)42-63-23-20-57(6)90(121,128-63)78(115)83(118)110-27-15-13-19-66(110)84(119)125-71(43-67(112)54(3)38-56(5)76(114)77(124-9)75(113)55(4)37-52)64(91)39-58-21-24-69(72(40-58)123-8)127-89(120)101-46-59-44-95-86(96-45-59)108-33-35-109(36-34-108)88-99-49-62(50-100-88)82(117)106-29-31-107(32-30-106)87-97-47-61(48-98-87)81(116)94-26-14-16-28-111-80-73(79(92)102-51-103-80)74(105-111)60-22-25-68-65(41-60)104-85(93)126-68/h10-12,17-18,22,25,38,41,44-45,47-52,54-55,57-58,63-64,66,69-72,76-77,114,121H,13-16,19-21,23-24,26-37,39-40,42-43,46,91H2,1-9H3,(H2,93,104)(H,94,116)(H,101,120)(H2,92,102,103)/b12-10+,17-11+,53-18+,56-38+/t52-,54-,55-,57-,58+,63+,64-,66+,69-,70+,71+,72-,76-,77+,90-/m1/s1. The van der Waals surface area contributed by atoms with Gasteiger partial charge in [-0.15, -0.1) is 0 Å². The van der Waals surface area contributed by atoms with Crippen LogP contribution in [0.5, 0.6) is 0 Å². The lowest BCUT2D eigenvalue weighted by atomic mass is 9.80.